The SMILES string of the molecule is O=C(O)c1cccc(OCCF)c1F. The van der Waals surface area contributed by atoms with Gasteiger partial charge in [-0.2, -0.15) is 0 Å². The van der Waals surface area contributed by atoms with Crippen molar-refractivity contribution in [1.82, 2.24) is 0 Å². The lowest BCUT2D eigenvalue weighted by Crippen LogP contribution is -2.05. The molecule has 0 bridgehead atoms. The average molecular weight is 202 g/mol. The summed E-state index contributed by atoms with van der Waals surface area (Å²) in [5.41, 5.74) is -0.485. The maximum Gasteiger partial charge on any atom is 0.338 e. The Bertz CT molecular complexity index is 339. The van der Waals surface area contributed by atoms with Crippen molar-refractivity contribution in [1.29, 1.82) is 0 Å². The van der Waals surface area contributed by atoms with Crippen LogP contribution in [0.2, 0.25) is 0 Å². The van der Waals surface area contributed by atoms with Crippen molar-refractivity contribution in [3.8, 4) is 5.75 Å². The first-order chi connectivity index (χ1) is 6.66. The number of hydrogen-bond donors (Lipinski definition) is 1. The third kappa shape index (κ3) is 2.18. The van der Waals surface area contributed by atoms with Gasteiger partial charge >= 0.3 is 5.97 Å². The van der Waals surface area contributed by atoms with Gasteiger partial charge in [0.1, 0.15) is 13.3 Å². The zero-order chi connectivity index (χ0) is 10.6. The summed E-state index contributed by atoms with van der Waals surface area (Å²) in [4.78, 5) is 10.5. The minimum absolute atomic E-state index is 0.248. The molecule has 0 spiro atoms. The number of carbonyl (C=O) groups is 1. The Morgan fingerprint density at radius 3 is 2.79 bits per heavy atom. The highest BCUT2D eigenvalue weighted by atomic mass is 19.1. The van der Waals surface area contributed by atoms with Crippen LogP contribution >= 0.6 is 0 Å². The number of benzene rings is 1. The van der Waals surface area contributed by atoms with Gasteiger partial charge in [-0.15, -0.1) is 0 Å². The largest absolute Gasteiger partial charge is 0.488 e. The predicted molar refractivity (Wildman–Crippen MR) is 44.8 cm³/mol. The van der Waals surface area contributed by atoms with Crippen LogP contribution in [0.4, 0.5) is 8.78 Å². The highest BCUT2D eigenvalue weighted by Crippen LogP contribution is 2.20. The van der Waals surface area contributed by atoms with Gasteiger partial charge in [0, 0.05) is 0 Å². The van der Waals surface area contributed by atoms with Gasteiger partial charge in [-0.25, -0.2) is 13.6 Å². The highest BCUT2D eigenvalue weighted by molar-refractivity contribution is 5.88. The molecule has 0 aliphatic heterocycles. The number of carboxylic acids is 1. The Morgan fingerprint density at radius 1 is 1.50 bits per heavy atom. The quantitative estimate of drug-likeness (QED) is 0.810. The summed E-state index contributed by atoms with van der Waals surface area (Å²) in [7, 11) is 0. The summed E-state index contributed by atoms with van der Waals surface area (Å²) < 4.78 is 29.6. The Morgan fingerprint density at radius 2 is 2.21 bits per heavy atom. The molecule has 0 saturated heterocycles. The summed E-state index contributed by atoms with van der Waals surface area (Å²) >= 11 is 0. The minimum Gasteiger partial charge on any atom is -0.488 e. The predicted octanol–water partition coefficient (Wildman–Crippen LogP) is 1.87. The first kappa shape index (κ1) is 10.4. The van der Waals surface area contributed by atoms with Crippen LogP contribution in [0.15, 0.2) is 18.2 Å². The van der Waals surface area contributed by atoms with E-state index in [0.717, 1.165) is 6.07 Å². The molecule has 14 heavy (non-hydrogen) atoms. The zero-order valence-corrected chi connectivity index (χ0v) is 7.17. The summed E-state index contributed by atoms with van der Waals surface area (Å²) in [6, 6.07) is 3.69. The second kappa shape index (κ2) is 4.55. The molecule has 1 rings (SSSR count). The number of aromatic carboxylic acids is 1. The number of halogens is 2. The highest BCUT2D eigenvalue weighted by Gasteiger charge is 2.14. The van der Waals surface area contributed by atoms with E-state index in [1.54, 1.807) is 0 Å². The van der Waals surface area contributed by atoms with E-state index < -0.39 is 24.0 Å². The summed E-state index contributed by atoms with van der Waals surface area (Å²) in [6.07, 6.45) is 0. The normalized spacial score (nSPS) is 9.86. The number of hydrogen-bond acceptors (Lipinski definition) is 2. The third-order valence-corrected chi connectivity index (χ3v) is 1.53. The van der Waals surface area contributed by atoms with Crippen LogP contribution in [0.1, 0.15) is 10.4 Å². The van der Waals surface area contributed by atoms with E-state index >= 15 is 0 Å². The Hall–Kier alpha value is -1.65. The van der Waals surface area contributed by atoms with E-state index in [2.05, 4.69) is 4.74 Å². The maximum atomic E-state index is 13.2. The van der Waals surface area contributed by atoms with E-state index in [-0.39, 0.29) is 12.4 Å². The van der Waals surface area contributed by atoms with Crippen molar-refractivity contribution in [3.63, 3.8) is 0 Å². The second-order valence-electron chi connectivity index (χ2n) is 2.46. The number of alkyl halides is 1. The van der Waals surface area contributed by atoms with Gasteiger partial charge in [0.25, 0.3) is 0 Å². The van der Waals surface area contributed by atoms with E-state index in [4.69, 9.17) is 5.11 Å². The minimum atomic E-state index is -1.38. The Balaban J connectivity index is 2.95. The van der Waals surface area contributed by atoms with Crippen LogP contribution in [-0.4, -0.2) is 24.4 Å². The molecule has 0 heterocycles. The number of carboxylic acid groups (broad SMARTS) is 1. The molecule has 0 aliphatic rings. The van der Waals surface area contributed by atoms with Crippen molar-refractivity contribution in [2.75, 3.05) is 13.3 Å². The molecular formula is C9H8F2O3. The van der Waals surface area contributed by atoms with E-state index in [1.807, 2.05) is 0 Å². The van der Waals surface area contributed by atoms with E-state index in [9.17, 15) is 13.6 Å². The van der Waals surface area contributed by atoms with Gasteiger partial charge in [-0.3, -0.25) is 0 Å². The third-order valence-electron chi connectivity index (χ3n) is 1.53. The lowest BCUT2D eigenvalue weighted by molar-refractivity contribution is 0.0690. The topological polar surface area (TPSA) is 46.5 Å². The lowest BCUT2D eigenvalue weighted by Gasteiger charge is -2.05. The number of ether oxygens (including phenoxy) is 1. The molecule has 0 aromatic heterocycles. The maximum absolute atomic E-state index is 13.2. The molecule has 1 aromatic rings. The van der Waals surface area contributed by atoms with Gasteiger partial charge in [0.2, 0.25) is 0 Å². The van der Waals surface area contributed by atoms with Crippen molar-refractivity contribution >= 4 is 5.97 Å². The molecule has 76 valence electrons. The fourth-order valence-electron chi connectivity index (χ4n) is 0.936. The summed E-state index contributed by atoms with van der Waals surface area (Å²) in [5, 5.41) is 8.55. The second-order valence-corrected chi connectivity index (χ2v) is 2.46. The molecule has 0 radical (unpaired) electrons. The van der Waals surface area contributed by atoms with Crippen LogP contribution < -0.4 is 4.74 Å². The molecular weight excluding hydrogens is 194 g/mol. The Labute approximate surface area is 78.9 Å². The molecule has 0 aliphatic carbocycles. The summed E-state index contributed by atoms with van der Waals surface area (Å²) in [5.74, 6) is -2.61. The molecule has 3 nitrogen and oxygen atoms in total. The first-order valence-corrected chi connectivity index (χ1v) is 3.87. The van der Waals surface area contributed by atoms with E-state index in [0.29, 0.717) is 0 Å². The van der Waals surface area contributed by atoms with Crippen molar-refractivity contribution in [2.24, 2.45) is 0 Å². The van der Waals surface area contributed by atoms with Gasteiger partial charge in [0.15, 0.2) is 11.6 Å². The van der Waals surface area contributed by atoms with Crippen LogP contribution in [-0.2, 0) is 0 Å². The molecule has 0 unspecified atom stereocenters. The molecule has 0 fully saturated rings. The van der Waals surface area contributed by atoms with Crippen LogP contribution in [0.25, 0.3) is 0 Å². The molecule has 1 aromatic carbocycles. The van der Waals surface area contributed by atoms with Gasteiger partial charge in [-0.05, 0) is 12.1 Å². The molecule has 5 heteroatoms. The van der Waals surface area contributed by atoms with Gasteiger partial charge in [-0.1, -0.05) is 6.07 Å². The van der Waals surface area contributed by atoms with Gasteiger partial charge in [0.05, 0.1) is 5.56 Å². The van der Waals surface area contributed by atoms with Gasteiger partial charge < -0.3 is 9.84 Å². The monoisotopic (exact) mass is 202 g/mol. The molecule has 0 saturated carbocycles. The van der Waals surface area contributed by atoms with Crippen molar-refractivity contribution in [3.05, 3.63) is 29.6 Å². The average Bonchev–Trinajstić information content (AvgIpc) is 2.16. The lowest BCUT2D eigenvalue weighted by atomic mass is 10.2. The van der Waals surface area contributed by atoms with Crippen LogP contribution in [0, 0.1) is 5.82 Å². The molecule has 0 amide bonds. The smallest absolute Gasteiger partial charge is 0.338 e. The summed E-state index contributed by atoms with van der Waals surface area (Å²) in [6.45, 7) is -1.04. The number of rotatable bonds is 4. The molecule has 1 N–H and O–H groups in total. The van der Waals surface area contributed by atoms with Crippen LogP contribution in [0.3, 0.4) is 0 Å². The van der Waals surface area contributed by atoms with Crippen molar-refractivity contribution in [2.45, 2.75) is 0 Å². The zero-order valence-electron chi connectivity index (χ0n) is 7.17. The van der Waals surface area contributed by atoms with E-state index in [1.165, 1.54) is 12.1 Å². The fourth-order valence-corrected chi connectivity index (χ4v) is 0.936. The van der Waals surface area contributed by atoms with Crippen LogP contribution in [0.5, 0.6) is 5.75 Å². The first-order valence-electron chi connectivity index (χ1n) is 3.87. The Kier molecular flexibility index (Phi) is 3.39. The van der Waals surface area contributed by atoms with Crippen molar-refractivity contribution < 1.29 is 23.4 Å². The fraction of sp³-hybridized carbons (Fsp3) is 0.222. The molecule has 0 atom stereocenters. The standard InChI is InChI=1S/C9H8F2O3/c10-4-5-14-7-3-1-2-6(8(7)11)9(12)13/h1-3H,4-5H2,(H,12,13).